The fourth-order valence-electron chi connectivity index (χ4n) is 5.03. The van der Waals surface area contributed by atoms with Crippen LogP contribution in [0.1, 0.15) is 53.3 Å². The maximum absolute atomic E-state index is 13.6. The van der Waals surface area contributed by atoms with Gasteiger partial charge in [0.2, 0.25) is 5.88 Å². The zero-order valence-corrected chi connectivity index (χ0v) is 20.6. The molecule has 2 heterocycles. The number of rotatable bonds is 8. The van der Waals surface area contributed by atoms with Crippen LogP contribution >= 0.6 is 0 Å². The van der Waals surface area contributed by atoms with Gasteiger partial charge in [-0.05, 0) is 36.5 Å². The summed E-state index contributed by atoms with van der Waals surface area (Å²) in [6.07, 6.45) is 4.44. The van der Waals surface area contributed by atoms with Crippen LogP contribution in [0, 0.1) is 5.92 Å². The van der Waals surface area contributed by atoms with Crippen molar-refractivity contribution in [1.29, 1.82) is 0 Å². The first kappa shape index (κ1) is 23.9. The van der Waals surface area contributed by atoms with Crippen LogP contribution in [0.3, 0.4) is 0 Å². The van der Waals surface area contributed by atoms with Crippen molar-refractivity contribution < 1.29 is 19.4 Å². The molecule has 1 N–H and O–H groups in total. The summed E-state index contributed by atoms with van der Waals surface area (Å²) in [6, 6.07) is 15.3. The monoisotopic (exact) mass is 489 g/mol. The first-order valence-electron chi connectivity index (χ1n) is 12.4. The standard InChI is InChI=1S/C28H31N3O5/c1-35-21-9-6-10-22(36-2)25(21)31-23(14-13-18-11-12-18)29-26(32)24(28(31)34)27(33)30-16-15-20(17-30)19-7-4-3-5-8-19/h3-10,18,20,34H,11-17H2,1-2H3/t20-/m0/s1. The van der Waals surface area contributed by atoms with Gasteiger partial charge in [-0.1, -0.05) is 49.2 Å². The minimum atomic E-state index is -0.712. The van der Waals surface area contributed by atoms with Gasteiger partial charge in [0.05, 0.1) is 14.2 Å². The van der Waals surface area contributed by atoms with E-state index in [0.29, 0.717) is 48.4 Å². The predicted molar refractivity (Wildman–Crippen MR) is 135 cm³/mol. The van der Waals surface area contributed by atoms with Crippen molar-refractivity contribution in [2.75, 3.05) is 27.3 Å². The summed E-state index contributed by atoms with van der Waals surface area (Å²) in [4.78, 5) is 32.7. The van der Waals surface area contributed by atoms with E-state index in [1.165, 1.54) is 18.8 Å². The number of benzene rings is 2. The highest BCUT2D eigenvalue weighted by atomic mass is 16.5. The van der Waals surface area contributed by atoms with Crippen molar-refractivity contribution in [2.45, 2.75) is 38.0 Å². The van der Waals surface area contributed by atoms with Gasteiger partial charge in [-0.2, -0.15) is 4.98 Å². The van der Waals surface area contributed by atoms with Crippen molar-refractivity contribution in [1.82, 2.24) is 14.5 Å². The number of aryl methyl sites for hydroxylation is 1. The summed E-state index contributed by atoms with van der Waals surface area (Å²) in [5, 5.41) is 11.5. The Morgan fingerprint density at radius 3 is 2.36 bits per heavy atom. The van der Waals surface area contributed by atoms with E-state index in [1.54, 1.807) is 23.1 Å². The van der Waals surface area contributed by atoms with E-state index in [-0.39, 0.29) is 11.5 Å². The van der Waals surface area contributed by atoms with E-state index in [4.69, 9.17) is 9.47 Å². The quantitative estimate of drug-likeness (QED) is 0.515. The summed E-state index contributed by atoms with van der Waals surface area (Å²) in [5.41, 5.74) is 0.529. The van der Waals surface area contributed by atoms with Crippen LogP contribution in [-0.2, 0) is 6.42 Å². The summed E-state index contributed by atoms with van der Waals surface area (Å²) in [7, 11) is 3.05. The molecular formula is C28H31N3O5. The zero-order chi connectivity index (χ0) is 25.2. The van der Waals surface area contributed by atoms with Gasteiger partial charge in [0.1, 0.15) is 23.0 Å². The molecule has 1 amide bonds. The number of methoxy groups -OCH3 is 2. The molecule has 5 rings (SSSR count). The number of carbonyl (C=O) groups is 1. The Balaban J connectivity index is 1.57. The molecule has 1 aliphatic heterocycles. The number of hydrogen-bond donors (Lipinski definition) is 1. The summed E-state index contributed by atoms with van der Waals surface area (Å²) in [6.45, 7) is 0.974. The number of nitrogens with zero attached hydrogens (tertiary/aromatic N) is 3. The Morgan fingerprint density at radius 1 is 1.03 bits per heavy atom. The van der Waals surface area contributed by atoms with Crippen LogP contribution < -0.4 is 15.0 Å². The number of hydrogen-bond acceptors (Lipinski definition) is 6. The molecular weight excluding hydrogens is 458 g/mol. The molecule has 0 spiro atoms. The van der Waals surface area contributed by atoms with Gasteiger partial charge in [-0.25, -0.2) is 0 Å². The van der Waals surface area contributed by atoms with Crippen LogP contribution in [-0.4, -0.2) is 52.8 Å². The molecule has 1 saturated heterocycles. The van der Waals surface area contributed by atoms with Crippen LogP contribution in [0.4, 0.5) is 0 Å². The van der Waals surface area contributed by atoms with E-state index in [2.05, 4.69) is 4.98 Å². The molecule has 1 saturated carbocycles. The van der Waals surface area contributed by atoms with Gasteiger partial charge in [-0.15, -0.1) is 0 Å². The molecule has 0 radical (unpaired) electrons. The largest absolute Gasteiger partial charge is 0.494 e. The van der Waals surface area contributed by atoms with E-state index in [0.717, 1.165) is 31.2 Å². The van der Waals surface area contributed by atoms with E-state index < -0.39 is 17.3 Å². The number of ether oxygens (including phenoxy) is 2. The number of carbonyl (C=O) groups excluding carboxylic acids is 1. The summed E-state index contributed by atoms with van der Waals surface area (Å²) in [5.74, 6) is 1.08. The van der Waals surface area contributed by atoms with Crippen molar-refractivity contribution >= 4 is 5.91 Å². The lowest BCUT2D eigenvalue weighted by Gasteiger charge is -2.22. The third-order valence-electron chi connectivity index (χ3n) is 7.20. The first-order chi connectivity index (χ1) is 17.5. The Hall–Kier alpha value is -3.81. The van der Waals surface area contributed by atoms with Crippen molar-refractivity contribution in [3.8, 4) is 23.1 Å². The second kappa shape index (κ2) is 10.0. The van der Waals surface area contributed by atoms with Gasteiger partial charge < -0.3 is 19.5 Å². The van der Waals surface area contributed by atoms with Crippen LogP contribution in [0.25, 0.3) is 5.69 Å². The van der Waals surface area contributed by atoms with E-state index >= 15 is 0 Å². The van der Waals surface area contributed by atoms with Crippen LogP contribution in [0.2, 0.25) is 0 Å². The molecule has 8 heteroatoms. The molecule has 1 aromatic heterocycles. The number of amides is 1. The number of aromatic nitrogens is 2. The number of aromatic hydroxyl groups is 1. The van der Waals surface area contributed by atoms with Crippen LogP contribution in [0.5, 0.6) is 17.4 Å². The summed E-state index contributed by atoms with van der Waals surface area (Å²) < 4.78 is 12.6. The smallest absolute Gasteiger partial charge is 0.289 e. The Morgan fingerprint density at radius 2 is 1.72 bits per heavy atom. The molecule has 0 unspecified atom stereocenters. The lowest BCUT2D eigenvalue weighted by Crippen LogP contribution is -2.35. The fraction of sp³-hybridized carbons (Fsp3) is 0.393. The third-order valence-corrected chi connectivity index (χ3v) is 7.20. The third kappa shape index (κ3) is 4.55. The highest BCUT2D eigenvalue weighted by Gasteiger charge is 2.34. The Kier molecular flexibility index (Phi) is 6.67. The molecule has 2 aliphatic rings. The lowest BCUT2D eigenvalue weighted by molar-refractivity contribution is 0.0784. The van der Waals surface area contributed by atoms with E-state index in [9.17, 15) is 14.7 Å². The molecule has 2 fully saturated rings. The molecule has 36 heavy (non-hydrogen) atoms. The topological polar surface area (TPSA) is 93.9 Å². The second-order valence-corrected chi connectivity index (χ2v) is 9.51. The van der Waals surface area contributed by atoms with E-state index in [1.807, 2.05) is 30.3 Å². The number of para-hydroxylation sites is 1. The molecule has 2 aromatic carbocycles. The minimum absolute atomic E-state index is 0.180. The molecule has 188 valence electrons. The van der Waals surface area contributed by atoms with Gasteiger partial charge in [0.15, 0.2) is 5.56 Å². The highest BCUT2D eigenvalue weighted by Crippen LogP contribution is 2.38. The zero-order valence-electron chi connectivity index (χ0n) is 20.6. The molecule has 8 nitrogen and oxygen atoms in total. The average molecular weight is 490 g/mol. The van der Waals surface area contributed by atoms with Crippen molar-refractivity contribution in [3.63, 3.8) is 0 Å². The minimum Gasteiger partial charge on any atom is -0.494 e. The molecule has 3 aromatic rings. The Bertz CT molecular complexity index is 1290. The second-order valence-electron chi connectivity index (χ2n) is 9.51. The predicted octanol–water partition coefficient (Wildman–Crippen LogP) is 3.93. The summed E-state index contributed by atoms with van der Waals surface area (Å²) >= 11 is 0. The van der Waals surface area contributed by atoms with Gasteiger partial charge in [0, 0.05) is 25.4 Å². The normalized spacial score (nSPS) is 17.3. The molecule has 1 atom stereocenters. The van der Waals surface area contributed by atoms with Gasteiger partial charge in [-0.3, -0.25) is 14.2 Å². The maximum Gasteiger partial charge on any atom is 0.289 e. The Labute approximate surface area is 210 Å². The average Bonchev–Trinajstić information content (AvgIpc) is 3.60. The maximum atomic E-state index is 13.6. The van der Waals surface area contributed by atoms with Crippen LogP contribution in [0.15, 0.2) is 53.3 Å². The van der Waals surface area contributed by atoms with Gasteiger partial charge >= 0.3 is 0 Å². The number of likely N-dealkylation sites (tertiary alicyclic amines) is 1. The molecule has 0 bridgehead atoms. The molecule has 1 aliphatic carbocycles. The highest BCUT2D eigenvalue weighted by molar-refractivity contribution is 5.96. The SMILES string of the molecule is COc1cccc(OC)c1-n1c(CCC2CC2)nc(=O)c(C(=O)N2CC[C@H](c3ccccc3)C2)c1O. The van der Waals surface area contributed by atoms with Crippen molar-refractivity contribution in [2.24, 2.45) is 5.92 Å². The van der Waals surface area contributed by atoms with Gasteiger partial charge in [0.25, 0.3) is 11.5 Å². The first-order valence-corrected chi connectivity index (χ1v) is 12.4. The van der Waals surface area contributed by atoms with Crippen molar-refractivity contribution in [3.05, 3.63) is 75.8 Å². The lowest BCUT2D eigenvalue weighted by atomic mass is 9.99. The fourth-order valence-corrected chi connectivity index (χ4v) is 5.03.